The Bertz CT molecular complexity index is 1710. The number of halogens is 1. The van der Waals surface area contributed by atoms with Crippen LogP contribution in [0.2, 0.25) is 0 Å². The van der Waals surface area contributed by atoms with Crippen LogP contribution in [0.25, 0.3) is 0 Å². The van der Waals surface area contributed by atoms with Gasteiger partial charge in [0.25, 0.3) is 0 Å². The minimum absolute atomic E-state index is 0.00519. The maximum absolute atomic E-state index is 12.3. The third-order valence-corrected chi connectivity index (χ3v) is 13.0. The predicted octanol–water partition coefficient (Wildman–Crippen LogP) is 4.84. The fourth-order valence-corrected chi connectivity index (χ4v) is 9.22. The van der Waals surface area contributed by atoms with Crippen molar-refractivity contribution in [2.24, 2.45) is 29.6 Å². The van der Waals surface area contributed by atoms with Gasteiger partial charge in [-0.2, -0.15) is 0 Å². The molecular formula is C44H60IN5O6. The molecule has 0 bridgehead atoms. The van der Waals surface area contributed by atoms with E-state index in [9.17, 15) is 29.7 Å². The van der Waals surface area contributed by atoms with E-state index >= 15 is 0 Å². The molecule has 2 saturated heterocycles. The van der Waals surface area contributed by atoms with Gasteiger partial charge in [0.1, 0.15) is 0 Å². The zero-order valence-electron chi connectivity index (χ0n) is 32.6. The average Bonchev–Trinajstić information content (AvgIpc) is 3.92. The van der Waals surface area contributed by atoms with Crippen LogP contribution in [0.5, 0.6) is 0 Å². The quantitative estimate of drug-likeness (QED) is 0.0375. The van der Waals surface area contributed by atoms with Gasteiger partial charge in [-0.1, -0.05) is 95.4 Å². The molecule has 2 heterocycles. The van der Waals surface area contributed by atoms with E-state index < -0.39 is 35.7 Å². The van der Waals surface area contributed by atoms with Gasteiger partial charge in [-0.25, -0.2) is 0 Å². The molecule has 0 saturated carbocycles. The van der Waals surface area contributed by atoms with Gasteiger partial charge in [0.15, 0.2) is 0 Å². The van der Waals surface area contributed by atoms with Crippen molar-refractivity contribution in [1.82, 2.24) is 26.2 Å². The van der Waals surface area contributed by atoms with Crippen molar-refractivity contribution in [2.45, 2.75) is 62.1 Å². The Morgan fingerprint density at radius 1 is 0.714 bits per heavy atom. The number of aliphatic carboxylic acids is 3. The van der Waals surface area contributed by atoms with Crippen molar-refractivity contribution < 1.29 is 29.7 Å². The summed E-state index contributed by atoms with van der Waals surface area (Å²) in [6.07, 6.45) is 4.04. The Kier molecular flexibility index (Phi) is 17.6. The van der Waals surface area contributed by atoms with Gasteiger partial charge in [-0.15, -0.1) is 0 Å². The lowest BCUT2D eigenvalue weighted by Crippen LogP contribution is -2.31. The molecule has 0 amide bonds. The number of hydrogen-bond acceptors (Lipinski definition) is 8. The van der Waals surface area contributed by atoms with Gasteiger partial charge in [-0.05, 0) is 124 Å². The second kappa shape index (κ2) is 22.5. The second-order valence-corrected chi connectivity index (χ2v) is 17.3. The predicted molar refractivity (Wildman–Crippen MR) is 228 cm³/mol. The van der Waals surface area contributed by atoms with Crippen LogP contribution in [0.4, 0.5) is 0 Å². The minimum Gasteiger partial charge on any atom is -0.481 e. The molecule has 2 fully saturated rings. The van der Waals surface area contributed by atoms with Crippen LogP contribution in [-0.2, 0) is 53.3 Å². The normalized spacial score (nSPS) is 19.1. The first-order valence-corrected chi connectivity index (χ1v) is 21.4. The standard InChI is InChI=1S/C44H60IN5O6/c1-46-14-13-41(45)40(44(55)56)24-32-7-4-10-35(21-32)29-50(28-34-9-3-6-31(20-34)23-39(43(53)54)37-12-16-48-27-37)18-17-49-25-33-8-2-5-30(19-33)22-38(42(51)52)36-11-15-47-26-36/h2-10,19-21,36-41,46-49H,11-18,22-29H2,1H3,(H,51,52)(H,53,54)(H,55,56)/t36-,37-,38-,39-,40-,41+/m0/s1. The molecule has 12 heteroatoms. The van der Waals surface area contributed by atoms with Crippen LogP contribution in [-0.4, -0.2) is 94.9 Å². The first-order valence-electron chi connectivity index (χ1n) is 20.1. The van der Waals surface area contributed by atoms with Crippen LogP contribution >= 0.6 is 22.6 Å². The topological polar surface area (TPSA) is 163 Å². The van der Waals surface area contributed by atoms with Crippen molar-refractivity contribution in [2.75, 3.05) is 52.9 Å². The summed E-state index contributed by atoms with van der Waals surface area (Å²) < 4.78 is 0.00519. The summed E-state index contributed by atoms with van der Waals surface area (Å²) in [5.74, 6) is -3.27. The molecule has 0 spiro atoms. The number of carbonyl (C=O) groups is 3. The monoisotopic (exact) mass is 881 g/mol. The molecule has 11 nitrogen and oxygen atoms in total. The molecule has 3 aromatic carbocycles. The van der Waals surface area contributed by atoms with E-state index in [1.54, 1.807) is 0 Å². The SMILES string of the molecule is CNCC[C@@H](I)[C@H](Cc1cccc(CN(CCNCc2cccc(C[C@H](C(=O)O)[C@H]3CCNC3)c2)Cc2cccc(C[C@H](C(=O)O)[C@H]3CCNC3)c2)c1)C(=O)O. The highest BCUT2D eigenvalue weighted by Crippen LogP contribution is 2.27. The summed E-state index contributed by atoms with van der Waals surface area (Å²) in [5, 5.41) is 43.5. The third kappa shape index (κ3) is 13.6. The number of nitrogens with zero attached hydrogens (tertiary/aromatic N) is 1. The highest BCUT2D eigenvalue weighted by atomic mass is 127. The number of hydrogen-bond donors (Lipinski definition) is 7. The number of carboxylic acids is 3. The molecule has 304 valence electrons. The van der Waals surface area contributed by atoms with E-state index in [4.69, 9.17) is 0 Å². The van der Waals surface area contributed by atoms with Crippen molar-refractivity contribution >= 4 is 40.5 Å². The lowest BCUT2D eigenvalue weighted by atomic mass is 9.86. The molecular weight excluding hydrogens is 821 g/mol. The van der Waals surface area contributed by atoms with Crippen molar-refractivity contribution in [1.29, 1.82) is 0 Å². The lowest BCUT2D eigenvalue weighted by molar-refractivity contribution is -0.144. The minimum atomic E-state index is -0.772. The van der Waals surface area contributed by atoms with Crippen molar-refractivity contribution in [3.63, 3.8) is 0 Å². The molecule has 0 unspecified atom stereocenters. The number of nitrogens with one attached hydrogen (secondary N) is 4. The Balaban J connectivity index is 1.27. The zero-order chi connectivity index (χ0) is 39.9. The highest BCUT2D eigenvalue weighted by Gasteiger charge is 2.32. The number of rotatable bonds is 24. The Hall–Kier alpha value is -3.40. The van der Waals surface area contributed by atoms with Crippen molar-refractivity contribution in [3.8, 4) is 0 Å². The summed E-state index contributed by atoms with van der Waals surface area (Å²) in [7, 11) is 1.88. The van der Waals surface area contributed by atoms with Gasteiger partial charge in [0, 0.05) is 36.6 Å². The molecule has 7 N–H and O–H groups in total. The molecule has 5 rings (SSSR count). The molecule has 2 aliphatic heterocycles. The van der Waals surface area contributed by atoms with Gasteiger partial charge < -0.3 is 36.6 Å². The van der Waals surface area contributed by atoms with Crippen molar-refractivity contribution in [3.05, 3.63) is 106 Å². The third-order valence-electron chi connectivity index (χ3n) is 11.5. The molecule has 0 aromatic heterocycles. The maximum atomic E-state index is 12.3. The Morgan fingerprint density at radius 2 is 1.20 bits per heavy atom. The van der Waals surface area contributed by atoms with Gasteiger partial charge >= 0.3 is 17.9 Å². The molecule has 2 aliphatic rings. The smallest absolute Gasteiger partial charge is 0.307 e. The molecule has 0 radical (unpaired) electrons. The molecule has 56 heavy (non-hydrogen) atoms. The van der Waals surface area contributed by atoms with Crippen LogP contribution in [0.3, 0.4) is 0 Å². The van der Waals surface area contributed by atoms with E-state index in [0.717, 1.165) is 91.9 Å². The van der Waals surface area contributed by atoms with E-state index in [0.29, 0.717) is 45.4 Å². The number of benzene rings is 3. The molecule has 3 aromatic rings. The zero-order valence-corrected chi connectivity index (χ0v) is 34.8. The number of alkyl halides is 1. The van der Waals surface area contributed by atoms with E-state index in [-0.39, 0.29) is 15.8 Å². The fourth-order valence-electron chi connectivity index (χ4n) is 8.34. The number of carboxylic acid groups (broad SMARTS) is 3. The van der Waals surface area contributed by atoms with Gasteiger partial charge in [-0.3, -0.25) is 19.3 Å². The first-order chi connectivity index (χ1) is 27.1. The van der Waals surface area contributed by atoms with Crippen LogP contribution in [0.15, 0.2) is 72.8 Å². The Labute approximate surface area is 345 Å². The average molecular weight is 882 g/mol. The summed E-state index contributed by atoms with van der Waals surface area (Å²) >= 11 is 2.28. The largest absolute Gasteiger partial charge is 0.481 e. The summed E-state index contributed by atoms with van der Waals surface area (Å²) in [6, 6.07) is 24.8. The van der Waals surface area contributed by atoms with Gasteiger partial charge in [0.2, 0.25) is 0 Å². The summed E-state index contributed by atoms with van der Waals surface area (Å²) in [6.45, 7) is 7.44. The summed E-state index contributed by atoms with van der Waals surface area (Å²) in [4.78, 5) is 39.0. The maximum Gasteiger partial charge on any atom is 0.307 e. The Morgan fingerprint density at radius 3 is 1.66 bits per heavy atom. The van der Waals surface area contributed by atoms with E-state index in [1.807, 2.05) is 43.4 Å². The first kappa shape index (κ1) is 43.7. The molecule has 6 atom stereocenters. The highest BCUT2D eigenvalue weighted by molar-refractivity contribution is 14.1. The lowest BCUT2D eigenvalue weighted by Gasteiger charge is -2.24. The summed E-state index contributed by atoms with van der Waals surface area (Å²) in [5.41, 5.74) is 6.43. The molecule has 0 aliphatic carbocycles. The van der Waals surface area contributed by atoms with E-state index in [1.165, 1.54) is 0 Å². The fraction of sp³-hybridized carbons (Fsp3) is 0.523. The van der Waals surface area contributed by atoms with Crippen LogP contribution in [0, 0.1) is 29.6 Å². The second-order valence-electron chi connectivity index (χ2n) is 15.7. The van der Waals surface area contributed by atoms with Crippen LogP contribution < -0.4 is 21.3 Å². The van der Waals surface area contributed by atoms with E-state index in [2.05, 4.69) is 85.2 Å². The van der Waals surface area contributed by atoms with Crippen LogP contribution in [0.1, 0.15) is 52.6 Å². The van der Waals surface area contributed by atoms with Gasteiger partial charge in [0.05, 0.1) is 17.8 Å².